The standard InChI is InChI=1S/C25H22F5N3O6S2/c26-17-5-6-21(27)20(12-17)15-4-7-23-22(10-15)33(14-18(39-23)13-32-24(34)8-9-40(31,35)36)41(37,38)19-3-1-2-16(11-19)25(28,29)30/h1-7,10-12,18H,8-9,13-14H2,(H,32,34)(H2,31,35,36)/t18-/m0/s1. The molecule has 0 unspecified atom stereocenters. The van der Waals surface area contributed by atoms with E-state index in [1.54, 1.807) is 0 Å². The highest BCUT2D eigenvalue weighted by Crippen LogP contribution is 2.41. The van der Waals surface area contributed by atoms with Gasteiger partial charge in [0.1, 0.15) is 23.5 Å². The molecular formula is C25H22F5N3O6S2. The molecule has 0 radical (unpaired) electrons. The van der Waals surface area contributed by atoms with Gasteiger partial charge in [-0.15, -0.1) is 0 Å². The number of ether oxygens (including phenoxy) is 1. The molecule has 1 heterocycles. The number of sulfonamides is 2. The average molecular weight is 620 g/mol. The third-order valence-electron chi connectivity index (χ3n) is 6.02. The number of alkyl halides is 3. The van der Waals surface area contributed by atoms with Crippen molar-refractivity contribution in [3.05, 3.63) is 77.9 Å². The number of hydrogen-bond acceptors (Lipinski definition) is 6. The van der Waals surface area contributed by atoms with Crippen LogP contribution in [0.2, 0.25) is 0 Å². The maximum atomic E-state index is 14.5. The second-order valence-electron chi connectivity index (χ2n) is 9.03. The number of nitrogens with two attached hydrogens (primary N) is 1. The van der Waals surface area contributed by atoms with Crippen molar-refractivity contribution in [3.8, 4) is 16.9 Å². The molecule has 0 aromatic heterocycles. The number of anilines is 1. The van der Waals surface area contributed by atoms with Crippen LogP contribution in [-0.4, -0.2) is 47.7 Å². The molecule has 1 aliphatic heterocycles. The maximum absolute atomic E-state index is 14.5. The van der Waals surface area contributed by atoms with E-state index in [2.05, 4.69) is 5.32 Å². The molecule has 1 amide bonds. The average Bonchev–Trinajstić information content (AvgIpc) is 2.90. The summed E-state index contributed by atoms with van der Waals surface area (Å²) in [6.07, 6.45) is -6.38. The van der Waals surface area contributed by atoms with Crippen molar-refractivity contribution in [1.29, 1.82) is 0 Å². The summed E-state index contributed by atoms with van der Waals surface area (Å²) in [6, 6.07) is 9.54. The Morgan fingerprint density at radius 2 is 1.76 bits per heavy atom. The molecular weight excluding hydrogens is 597 g/mol. The molecule has 0 saturated carbocycles. The fourth-order valence-electron chi connectivity index (χ4n) is 4.04. The highest BCUT2D eigenvalue weighted by atomic mass is 32.2. The van der Waals surface area contributed by atoms with Crippen LogP contribution in [0.25, 0.3) is 11.1 Å². The van der Waals surface area contributed by atoms with Crippen LogP contribution in [0.15, 0.2) is 65.6 Å². The number of nitrogens with zero attached hydrogens (tertiary/aromatic N) is 1. The first-order valence-corrected chi connectivity index (χ1v) is 14.9. The van der Waals surface area contributed by atoms with Gasteiger partial charge in [-0.05, 0) is 54.1 Å². The van der Waals surface area contributed by atoms with Crippen molar-refractivity contribution in [2.75, 3.05) is 23.1 Å². The normalized spacial score (nSPS) is 15.7. The Balaban J connectivity index is 1.73. The second-order valence-corrected chi connectivity index (χ2v) is 12.6. The predicted molar refractivity (Wildman–Crippen MR) is 138 cm³/mol. The van der Waals surface area contributed by atoms with Crippen molar-refractivity contribution in [2.45, 2.75) is 23.6 Å². The third-order valence-corrected chi connectivity index (χ3v) is 8.57. The molecule has 41 heavy (non-hydrogen) atoms. The zero-order valence-corrected chi connectivity index (χ0v) is 22.5. The van der Waals surface area contributed by atoms with Gasteiger partial charge in [-0.3, -0.25) is 9.10 Å². The van der Waals surface area contributed by atoms with Crippen LogP contribution in [-0.2, 0) is 31.0 Å². The van der Waals surface area contributed by atoms with E-state index in [-0.39, 0.29) is 29.1 Å². The minimum absolute atomic E-state index is 0.0586. The summed E-state index contributed by atoms with van der Waals surface area (Å²) in [7, 11) is -8.62. The molecule has 3 N–H and O–H groups in total. The number of carbonyl (C=O) groups excluding carboxylic acids is 1. The van der Waals surface area contributed by atoms with E-state index in [1.165, 1.54) is 18.2 Å². The van der Waals surface area contributed by atoms with E-state index in [0.717, 1.165) is 34.6 Å². The van der Waals surface area contributed by atoms with Crippen LogP contribution in [0.1, 0.15) is 12.0 Å². The Bertz CT molecular complexity index is 1700. The van der Waals surface area contributed by atoms with Gasteiger partial charge in [-0.2, -0.15) is 13.2 Å². The Hall–Kier alpha value is -3.76. The number of rotatable bonds is 8. The molecule has 0 fully saturated rings. The smallest absolute Gasteiger partial charge is 0.416 e. The molecule has 1 aliphatic rings. The second kappa shape index (κ2) is 11.3. The number of carbonyl (C=O) groups is 1. The monoisotopic (exact) mass is 619 g/mol. The van der Waals surface area contributed by atoms with E-state index < -0.39 is 79.0 Å². The highest BCUT2D eigenvalue weighted by Gasteiger charge is 2.37. The summed E-state index contributed by atoms with van der Waals surface area (Å²) in [5.74, 6) is -3.01. The quantitative estimate of drug-likeness (QED) is 0.371. The number of primary sulfonamides is 1. The van der Waals surface area contributed by atoms with Gasteiger partial charge in [0.2, 0.25) is 15.9 Å². The van der Waals surface area contributed by atoms with Crippen LogP contribution < -0.4 is 19.5 Å². The summed E-state index contributed by atoms with van der Waals surface area (Å²) in [6.45, 7) is -0.812. The molecule has 0 spiro atoms. The molecule has 4 rings (SSSR count). The summed E-state index contributed by atoms with van der Waals surface area (Å²) >= 11 is 0. The molecule has 0 bridgehead atoms. The van der Waals surface area contributed by atoms with Gasteiger partial charge < -0.3 is 10.1 Å². The lowest BCUT2D eigenvalue weighted by Gasteiger charge is -2.36. The first kappa shape index (κ1) is 30.2. The van der Waals surface area contributed by atoms with Gasteiger partial charge in [0.15, 0.2) is 0 Å². The van der Waals surface area contributed by atoms with Gasteiger partial charge in [0.05, 0.1) is 35.0 Å². The summed E-state index contributed by atoms with van der Waals surface area (Å²) < 4.78 is 125. The topological polar surface area (TPSA) is 136 Å². The number of hydrogen-bond donors (Lipinski definition) is 2. The highest BCUT2D eigenvalue weighted by molar-refractivity contribution is 7.92. The Labute approximate surface area is 231 Å². The van der Waals surface area contributed by atoms with Crippen LogP contribution in [0.5, 0.6) is 5.75 Å². The number of fused-ring (bicyclic) bond motifs is 1. The fourth-order valence-corrected chi connectivity index (χ4v) is 6.06. The van der Waals surface area contributed by atoms with E-state index in [1.807, 2.05) is 0 Å². The third kappa shape index (κ3) is 7.12. The number of nitrogens with one attached hydrogen (secondary N) is 1. The molecule has 3 aromatic rings. The van der Waals surface area contributed by atoms with E-state index in [4.69, 9.17) is 9.88 Å². The van der Waals surface area contributed by atoms with Crippen molar-refractivity contribution in [1.82, 2.24) is 5.32 Å². The lowest BCUT2D eigenvalue weighted by molar-refractivity contribution is -0.137. The Kier molecular flexibility index (Phi) is 8.29. The molecule has 0 saturated heterocycles. The zero-order valence-electron chi connectivity index (χ0n) is 20.9. The zero-order chi connectivity index (χ0) is 30.2. The molecule has 16 heteroatoms. The van der Waals surface area contributed by atoms with Gasteiger partial charge in [-0.1, -0.05) is 12.1 Å². The van der Waals surface area contributed by atoms with Crippen LogP contribution in [0, 0.1) is 11.6 Å². The van der Waals surface area contributed by atoms with Crippen LogP contribution in [0.3, 0.4) is 0 Å². The molecule has 0 aliphatic carbocycles. The van der Waals surface area contributed by atoms with Crippen molar-refractivity contribution >= 4 is 31.6 Å². The largest absolute Gasteiger partial charge is 0.484 e. The van der Waals surface area contributed by atoms with Crippen molar-refractivity contribution in [2.24, 2.45) is 5.14 Å². The molecule has 9 nitrogen and oxygen atoms in total. The number of halogens is 5. The Morgan fingerprint density at radius 1 is 1.02 bits per heavy atom. The Morgan fingerprint density at radius 3 is 2.44 bits per heavy atom. The fraction of sp³-hybridized carbons (Fsp3) is 0.240. The number of benzene rings is 3. The lowest BCUT2D eigenvalue weighted by Crippen LogP contribution is -2.48. The molecule has 3 aromatic carbocycles. The van der Waals surface area contributed by atoms with Gasteiger partial charge in [-0.25, -0.2) is 30.8 Å². The maximum Gasteiger partial charge on any atom is 0.416 e. The van der Waals surface area contributed by atoms with Crippen molar-refractivity contribution in [3.63, 3.8) is 0 Å². The number of amides is 1. The SMILES string of the molecule is NS(=O)(=O)CCC(=O)NC[C@H]1CN(S(=O)(=O)c2cccc(C(F)(F)F)c2)c2cc(-c3cc(F)ccc3F)ccc2O1. The van der Waals surface area contributed by atoms with E-state index >= 15 is 0 Å². The summed E-state index contributed by atoms with van der Waals surface area (Å²) in [4.78, 5) is 11.4. The summed E-state index contributed by atoms with van der Waals surface area (Å²) in [5.41, 5.74) is -1.52. The summed E-state index contributed by atoms with van der Waals surface area (Å²) in [5, 5.41) is 7.29. The minimum atomic E-state index is -4.83. The first-order chi connectivity index (χ1) is 19.0. The van der Waals surface area contributed by atoms with Crippen LogP contribution in [0.4, 0.5) is 27.6 Å². The minimum Gasteiger partial charge on any atom is -0.484 e. The first-order valence-electron chi connectivity index (χ1n) is 11.8. The van der Waals surface area contributed by atoms with E-state index in [0.29, 0.717) is 12.1 Å². The van der Waals surface area contributed by atoms with Crippen LogP contribution >= 0.6 is 0 Å². The van der Waals surface area contributed by atoms with Gasteiger partial charge in [0, 0.05) is 12.0 Å². The van der Waals surface area contributed by atoms with Crippen molar-refractivity contribution < 1.29 is 48.3 Å². The lowest BCUT2D eigenvalue weighted by atomic mass is 10.0. The van der Waals surface area contributed by atoms with E-state index in [9.17, 15) is 43.6 Å². The predicted octanol–water partition coefficient (Wildman–Crippen LogP) is 3.40. The van der Waals surface area contributed by atoms with Gasteiger partial charge >= 0.3 is 6.18 Å². The molecule has 1 atom stereocenters. The van der Waals surface area contributed by atoms with Gasteiger partial charge in [0.25, 0.3) is 10.0 Å². The molecule has 220 valence electrons.